The monoisotopic (exact) mass is 511 g/mol. The largest absolute Gasteiger partial charge is 0.461 e. The smallest absolute Gasteiger partial charge is 0.342 e. The van der Waals surface area contributed by atoms with Crippen LogP contribution in [-0.2, 0) is 28.1 Å². The Bertz CT molecular complexity index is 983. The molecule has 0 spiro atoms. The van der Waals surface area contributed by atoms with Gasteiger partial charge >= 0.3 is 11.9 Å². The molecule has 1 atom stereocenters. The number of hydrogen-bond acceptors (Lipinski definition) is 14. The second kappa shape index (κ2) is 12.6. The summed E-state index contributed by atoms with van der Waals surface area (Å²) in [5, 5.41) is 18.4. The maximum absolute atomic E-state index is 12.5. The van der Waals surface area contributed by atoms with Crippen LogP contribution in [0.1, 0.15) is 16.8 Å². The van der Waals surface area contributed by atoms with E-state index in [2.05, 4.69) is 9.68 Å². The third-order valence-corrected chi connectivity index (χ3v) is 6.08. The van der Waals surface area contributed by atoms with Crippen LogP contribution >= 0.6 is 10.8 Å². The fourth-order valence-corrected chi connectivity index (χ4v) is 3.75. The minimum Gasteiger partial charge on any atom is -0.461 e. The van der Waals surface area contributed by atoms with Crippen LogP contribution in [-0.4, -0.2) is 76.0 Å². The average molecular weight is 511 g/mol. The molecular formula is C16H21N3O12S2. The van der Waals surface area contributed by atoms with E-state index in [1.807, 2.05) is 0 Å². The lowest BCUT2D eigenvalue weighted by molar-refractivity contribution is -0.789. The fourth-order valence-electron chi connectivity index (χ4n) is 2.18. The highest BCUT2D eigenvalue weighted by Gasteiger charge is 2.24. The zero-order chi connectivity index (χ0) is 25.2. The van der Waals surface area contributed by atoms with Crippen molar-refractivity contribution in [2.75, 3.05) is 44.2 Å². The molecule has 0 aromatic heterocycles. The van der Waals surface area contributed by atoms with Gasteiger partial charge in [-0.2, -0.15) is 0 Å². The summed E-state index contributed by atoms with van der Waals surface area (Å²) in [4.78, 5) is 55.4. The second-order valence-corrected chi connectivity index (χ2v) is 11.0. The van der Waals surface area contributed by atoms with Crippen LogP contribution in [0.2, 0.25) is 0 Å². The van der Waals surface area contributed by atoms with Gasteiger partial charge in [-0.3, -0.25) is 4.79 Å². The van der Waals surface area contributed by atoms with Gasteiger partial charge in [-0.1, -0.05) is 0 Å². The predicted molar refractivity (Wildman–Crippen MR) is 113 cm³/mol. The zero-order valence-corrected chi connectivity index (χ0v) is 19.3. The minimum absolute atomic E-state index is 0.0244. The standard InChI is InChI=1S/C16H21N3O12S2/c1-17(2)11-4-5-14(13(8-11)16(21)28-6-7-32-33(3,26)27)30-15(20)9-12(31-19(24)25)10-29-18(22)23/h4-5,8,12H,6-7,9-10H2,1-3H3. The van der Waals surface area contributed by atoms with E-state index in [0.29, 0.717) is 16.5 Å². The number of benzene rings is 1. The third kappa shape index (κ3) is 11.2. The molecule has 0 N–H and O–H groups in total. The lowest BCUT2D eigenvalue weighted by Gasteiger charge is -2.17. The SMILES string of the molecule is CN(C)c1ccc(OC(=O)CC(CO[N+](=O)[O-])O[N+](=O)[O-])c(C(=O)OCCSS(C)(=O)=O)c1. The van der Waals surface area contributed by atoms with E-state index in [0.717, 1.165) is 6.26 Å². The number of rotatable bonds is 14. The molecule has 0 aliphatic heterocycles. The van der Waals surface area contributed by atoms with Crippen molar-refractivity contribution in [3.63, 3.8) is 0 Å². The number of carbonyl (C=O) groups is 2. The van der Waals surface area contributed by atoms with Crippen LogP contribution < -0.4 is 9.64 Å². The van der Waals surface area contributed by atoms with Gasteiger partial charge < -0.3 is 24.0 Å². The van der Waals surface area contributed by atoms with Gasteiger partial charge in [0.15, 0.2) is 8.87 Å². The van der Waals surface area contributed by atoms with Crippen molar-refractivity contribution in [2.45, 2.75) is 12.5 Å². The van der Waals surface area contributed by atoms with Crippen LogP contribution in [0.5, 0.6) is 5.75 Å². The summed E-state index contributed by atoms with van der Waals surface area (Å²) in [6, 6.07) is 4.15. The van der Waals surface area contributed by atoms with E-state index in [1.165, 1.54) is 18.2 Å². The minimum atomic E-state index is -3.32. The molecule has 0 amide bonds. The summed E-state index contributed by atoms with van der Waals surface area (Å²) in [5.41, 5.74) is 0.369. The van der Waals surface area contributed by atoms with E-state index in [9.17, 15) is 38.2 Å². The first-order chi connectivity index (χ1) is 15.3. The van der Waals surface area contributed by atoms with E-state index in [1.54, 1.807) is 19.0 Å². The highest BCUT2D eigenvalue weighted by Crippen LogP contribution is 2.26. The molecule has 1 unspecified atom stereocenters. The van der Waals surface area contributed by atoms with Crippen molar-refractivity contribution in [2.24, 2.45) is 0 Å². The van der Waals surface area contributed by atoms with Gasteiger partial charge in [-0.25, -0.2) is 13.2 Å². The molecule has 0 saturated carbocycles. The molecule has 184 valence electrons. The Kier molecular flexibility index (Phi) is 10.6. The van der Waals surface area contributed by atoms with Gasteiger partial charge in [-0.05, 0) is 29.0 Å². The van der Waals surface area contributed by atoms with Gasteiger partial charge in [0, 0.05) is 31.8 Å². The highest BCUT2D eigenvalue weighted by atomic mass is 33.1. The summed E-state index contributed by atoms with van der Waals surface area (Å²) in [6.07, 6.45) is -1.43. The van der Waals surface area contributed by atoms with Crippen molar-refractivity contribution in [3.8, 4) is 5.75 Å². The Morgan fingerprint density at radius 2 is 1.85 bits per heavy atom. The summed E-state index contributed by atoms with van der Waals surface area (Å²) in [7, 11) is 0.639. The van der Waals surface area contributed by atoms with Crippen LogP contribution in [0.15, 0.2) is 18.2 Å². The molecule has 0 saturated heterocycles. The first kappa shape index (κ1) is 27.7. The molecule has 0 aliphatic carbocycles. The third-order valence-electron chi connectivity index (χ3n) is 3.53. The molecule has 17 heteroatoms. The Hall–Kier alpha value is -3.34. The first-order valence-electron chi connectivity index (χ1n) is 8.90. The zero-order valence-electron chi connectivity index (χ0n) is 17.7. The Balaban J connectivity index is 2.96. The average Bonchev–Trinajstić information content (AvgIpc) is 2.68. The number of anilines is 1. The fraction of sp³-hybridized carbons (Fsp3) is 0.500. The molecule has 1 rings (SSSR count). The maximum Gasteiger partial charge on any atom is 0.342 e. The molecule has 0 bridgehead atoms. The van der Waals surface area contributed by atoms with Crippen molar-refractivity contribution < 1.29 is 47.3 Å². The predicted octanol–water partition coefficient (Wildman–Crippen LogP) is 0.683. The highest BCUT2D eigenvalue weighted by molar-refractivity contribution is 8.71. The summed E-state index contributed by atoms with van der Waals surface area (Å²) in [5.74, 6) is -2.29. The van der Waals surface area contributed by atoms with Crippen LogP contribution in [0.25, 0.3) is 0 Å². The van der Waals surface area contributed by atoms with Crippen LogP contribution in [0.3, 0.4) is 0 Å². The van der Waals surface area contributed by atoms with Crippen molar-refractivity contribution >= 4 is 37.3 Å². The second-order valence-electron chi connectivity index (χ2n) is 6.39. The van der Waals surface area contributed by atoms with E-state index < -0.39 is 50.1 Å². The topological polar surface area (TPSA) is 195 Å². The normalized spacial score (nSPS) is 11.7. The summed E-state index contributed by atoms with van der Waals surface area (Å²) < 4.78 is 32.4. The van der Waals surface area contributed by atoms with Crippen molar-refractivity contribution in [3.05, 3.63) is 44.0 Å². The molecule has 0 aliphatic rings. The summed E-state index contributed by atoms with van der Waals surface area (Å²) in [6.45, 7) is -1.15. The number of ether oxygens (including phenoxy) is 2. The van der Waals surface area contributed by atoms with E-state index >= 15 is 0 Å². The van der Waals surface area contributed by atoms with Crippen molar-refractivity contribution in [1.82, 2.24) is 0 Å². The molecule has 1 aromatic carbocycles. The molecule has 1 aromatic rings. The number of nitrogens with zero attached hydrogens (tertiary/aromatic N) is 3. The summed E-state index contributed by atoms with van der Waals surface area (Å²) >= 11 is 0. The van der Waals surface area contributed by atoms with Crippen LogP contribution in [0.4, 0.5) is 5.69 Å². The van der Waals surface area contributed by atoms with Crippen LogP contribution in [0, 0.1) is 20.2 Å². The van der Waals surface area contributed by atoms with Crippen molar-refractivity contribution in [1.29, 1.82) is 0 Å². The van der Waals surface area contributed by atoms with E-state index in [4.69, 9.17) is 9.47 Å². The lowest BCUT2D eigenvalue weighted by Crippen LogP contribution is -2.29. The Labute approximate surface area is 191 Å². The Morgan fingerprint density at radius 1 is 1.18 bits per heavy atom. The van der Waals surface area contributed by atoms with E-state index in [-0.39, 0.29) is 23.7 Å². The number of carbonyl (C=O) groups excluding carboxylic acids is 2. The molecule has 0 radical (unpaired) electrons. The van der Waals surface area contributed by atoms with Gasteiger partial charge in [0.25, 0.3) is 10.2 Å². The van der Waals surface area contributed by atoms with Gasteiger partial charge in [0.2, 0.25) is 0 Å². The molecule has 0 heterocycles. The molecule has 15 nitrogen and oxygen atoms in total. The van der Waals surface area contributed by atoms with Gasteiger partial charge in [-0.15, -0.1) is 20.2 Å². The van der Waals surface area contributed by atoms with Gasteiger partial charge in [0.1, 0.15) is 30.6 Å². The number of hydrogen-bond donors (Lipinski definition) is 0. The molecule has 33 heavy (non-hydrogen) atoms. The molecular weight excluding hydrogens is 490 g/mol. The number of esters is 2. The quantitative estimate of drug-likeness (QED) is 0.0844. The maximum atomic E-state index is 12.5. The lowest BCUT2D eigenvalue weighted by atomic mass is 10.1. The Morgan fingerprint density at radius 3 is 2.39 bits per heavy atom. The first-order valence-corrected chi connectivity index (χ1v) is 12.3. The van der Waals surface area contributed by atoms with Gasteiger partial charge in [0.05, 0.1) is 6.42 Å². The molecule has 0 fully saturated rings.